The van der Waals surface area contributed by atoms with E-state index in [1.54, 1.807) is 6.21 Å². The molecule has 0 spiro atoms. The summed E-state index contributed by atoms with van der Waals surface area (Å²) in [5.74, 6) is 0.303. The first-order valence-corrected chi connectivity index (χ1v) is 5.01. The number of aryl methyl sites for hydroxylation is 1. The monoisotopic (exact) mass is 229 g/mol. The molecule has 0 aliphatic rings. The average Bonchev–Trinajstić information content (AvgIpc) is 2.29. The predicted molar refractivity (Wildman–Crippen MR) is 65.0 cm³/mol. The molecule has 2 aromatic rings. The van der Waals surface area contributed by atoms with Gasteiger partial charge in [0.25, 0.3) is 0 Å². The van der Waals surface area contributed by atoms with Crippen LogP contribution in [0.2, 0.25) is 0 Å². The third kappa shape index (κ3) is 3.23. The zero-order valence-corrected chi connectivity index (χ0v) is 9.21. The lowest BCUT2D eigenvalue weighted by molar-refractivity contribution is 0.913. The van der Waals surface area contributed by atoms with Crippen LogP contribution < -0.4 is 11.1 Å². The first kappa shape index (κ1) is 11.0. The van der Waals surface area contributed by atoms with Crippen LogP contribution in [0.15, 0.2) is 40.4 Å². The van der Waals surface area contributed by atoms with Gasteiger partial charge in [0.15, 0.2) is 5.82 Å². The number of aromatic amines is 1. The minimum absolute atomic E-state index is 0.303. The van der Waals surface area contributed by atoms with Gasteiger partial charge in [0.2, 0.25) is 0 Å². The Morgan fingerprint density at radius 2 is 2.35 bits per heavy atom. The summed E-state index contributed by atoms with van der Waals surface area (Å²) >= 11 is 0. The molecule has 0 unspecified atom stereocenters. The Labute approximate surface area is 97.4 Å². The van der Waals surface area contributed by atoms with E-state index in [1.807, 2.05) is 31.2 Å². The summed E-state index contributed by atoms with van der Waals surface area (Å²) in [6, 6.07) is 7.88. The third-order valence-electron chi connectivity index (χ3n) is 2.00. The van der Waals surface area contributed by atoms with Crippen molar-refractivity contribution in [2.24, 2.45) is 5.10 Å². The van der Waals surface area contributed by atoms with E-state index in [4.69, 9.17) is 0 Å². The zero-order valence-electron chi connectivity index (χ0n) is 9.21. The number of rotatable bonds is 3. The van der Waals surface area contributed by atoms with Gasteiger partial charge >= 0.3 is 5.69 Å². The van der Waals surface area contributed by atoms with Gasteiger partial charge < -0.3 is 0 Å². The van der Waals surface area contributed by atoms with Crippen LogP contribution >= 0.6 is 0 Å². The molecule has 0 bridgehead atoms. The second-order valence-corrected chi connectivity index (χ2v) is 3.46. The normalized spacial score (nSPS) is 10.6. The van der Waals surface area contributed by atoms with Gasteiger partial charge in [-0.15, -0.1) is 0 Å². The van der Waals surface area contributed by atoms with Crippen molar-refractivity contribution in [1.82, 2.24) is 15.2 Å². The molecule has 0 saturated carbocycles. The summed E-state index contributed by atoms with van der Waals surface area (Å²) in [7, 11) is 0. The summed E-state index contributed by atoms with van der Waals surface area (Å²) in [6.07, 6.45) is 3.03. The number of aromatic nitrogens is 3. The molecule has 0 radical (unpaired) electrons. The predicted octanol–water partition coefficient (Wildman–Crippen LogP) is 0.919. The molecule has 0 saturated heterocycles. The van der Waals surface area contributed by atoms with Gasteiger partial charge in [0.05, 0.1) is 12.4 Å². The van der Waals surface area contributed by atoms with Crippen molar-refractivity contribution in [3.8, 4) is 0 Å². The van der Waals surface area contributed by atoms with Crippen molar-refractivity contribution in [1.29, 1.82) is 0 Å². The molecule has 2 rings (SSSR count). The number of benzene rings is 1. The topological polar surface area (TPSA) is 83.0 Å². The molecule has 0 atom stereocenters. The van der Waals surface area contributed by atoms with Crippen molar-refractivity contribution in [2.75, 3.05) is 5.43 Å². The second-order valence-electron chi connectivity index (χ2n) is 3.46. The van der Waals surface area contributed by atoms with E-state index in [-0.39, 0.29) is 0 Å². The highest BCUT2D eigenvalue weighted by Gasteiger charge is 1.92. The first-order chi connectivity index (χ1) is 8.24. The molecule has 2 N–H and O–H groups in total. The standard InChI is InChI=1S/C11H11N5O/c1-8-3-2-4-9(5-8)6-12-15-10-7-13-16-11(17)14-10/h2-7H,1H3,(H2,14,15,16,17). The average molecular weight is 229 g/mol. The number of hydrogen-bond acceptors (Lipinski definition) is 5. The van der Waals surface area contributed by atoms with Crippen LogP contribution in [-0.4, -0.2) is 21.4 Å². The van der Waals surface area contributed by atoms with Crippen LogP contribution in [0.5, 0.6) is 0 Å². The molecule has 6 nitrogen and oxygen atoms in total. The van der Waals surface area contributed by atoms with E-state index >= 15 is 0 Å². The number of anilines is 1. The van der Waals surface area contributed by atoms with Crippen LogP contribution in [0.1, 0.15) is 11.1 Å². The van der Waals surface area contributed by atoms with Crippen LogP contribution in [0.3, 0.4) is 0 Å². The van der Waals surface area contributed by atoms with E-state index in [0.717, 1.165) is 11.1 Å². The largest absolute Gasteiger partial charge is 0.363 e. The smallest absolute Gasteiger partial charge is 0.260 e. The summed E-state index contributed by atoms with van der Waals surface area (Å²) in [4.78, 5) is 14.5. The molecular weight excluding hydrogens is 218 g/mol. The lowest BCUT2D eigenvalue weighted by Gasteiger charge is -1.97. The Bertz CT molecular complexity index is 590. The highest BCUT2D eigenvalue weighted by molar-refractivity contribution is 5.80. The Hall–Kier alpha value is -2.50. The van der Waals surface area contributed by atoms with Gasteiger partial charge in [-0.25, -0.2) is 9.89 Å². The summed E-state index contributed by atoms with van der Waals surface area (Å²) in [5, 5.41) is 9.73. The molecule has 0 amide bonds. The number of nitrogens with one attached hydrogen (secondary N) is 2. The van der Waals surface area contributed by atoms with Crippen LogP contribution in [0.4, 0.5) is 5.82 Å². The number of nitrogens with zero attached hydrogens (tertiary/aromatic N) is 3. The van der Waals surface area contributed by atoms with Crippen LogP contribution in [-0.2, 0) is 0 Å². The molecule has 0 aliphatic carbocycles. The van der Waals surface area contributed by atoms with E-state index < -0.39 is 5.69 Å². The Morgan fingerprint density at radius 1 is 1.47 bits per heavy atom. The second kappa shape index (κ2) is 5.02. The van der Waals surface area contributed by atoms with Crippen molar-refractivity contribution in [2.45, 2.75) is 6.92 Å². The van der Waals surface area contributed by atoms with Crippen molar-refractivity contribution in [3.63, 3.8) is 0 Å². The summed E-state index contributed by atoms with van der Waals surface area (Å²) in [6.45, 7) is 2.01. The Kier molecular flexibility index (Phi) is 3.25. The van der Waals surface area contributed by atoms with Crippen molar-refractivity contribution >= 4 is 12.0 Å². The van der Waals surface area contributed by atoms with Crippen LogP contribution in [0.25, 0.3) is 0 Å². The summed E-state index contributed by atoms with van der Waals surface area (Å²) in [5.41, 5.74) is 4.24. The molecule has 0 aliphatic heterocycles. The number of hydrazone groups is 1. The molecule has 17 heavy (non-hydrogen) atoms. The van der Waals surface area contributed by atoms with Gasteiger partial charge in [0.1, 0.15) is 0 Å². The number of hydrogen-bond donors (Lipinski definition) is 2. The fraction of sp³-hybridized carbons (Fsp3) is 0.0909. The minimum Gasteiger partial charge on any atom is -0.260 e. The maximum absolute atomic E-state index is 10.8. The highest BCUT2D eigenvalue weighted by atomic mass is 16.1. The first-order valence-electron chi connectivity index (χ1n) is 5.01. The van der Waals surface area contributed by atoms with Crippen molar-refractivity contribution in [3.05, 3.63) is 52.1 Å². The molecule has 1 aromatic heterocycles. The van der Waals surface area contributed by atoms with Gasteiger partial charge in [-0.3, -0.25) is 5.43 Å². The highest BCUT2D eigenvalue weighted by Crippen LogP contribution is 2.01. The minimum atomic E-state index is -0.513. The van der Waals surface area contributed by atoms with E-state index in [9.17, 15) is 4.79 Å². The third-order valence-corrected chi connectivity index (χ3v) is 2.00. The van der Waals surface area contributed by atoms with E-state index in [2.05, 4.69) is 25.7 Å². The fourth-order valence-corrected chi connectivity index (χ4v) is 1.29. The lowest BCUT2D eigenvalue weighted by atomic mass is 10.2. The van der Waals surface area contributed by atoms with E-state index in [1.165, 1.54) is 6.20 Å². The van der Waals surface area contributed by atoms with Crippen LogP contribution in [0, 0.1) is 6.92 Å². The summed E-state index contributed by atoms with van der Waals surface area (Å²) < 4.78 is 0. The SMILES string of the molecule is Cc1cccc(C=NNc2cn[nH]c(=O)n2)c1. The zero-order chi connectivity index (χ0) is 12.1. The number of H-pyrrole nitrogens is 1. The molecule has 6 heteroatoms. The quantitative estimate of drug-likeness (QED) is 0.605. The van der Waals surface area contributed by atoms with Gasteiger partial charge in [-0.1, -0.05) is 29.8 Å². The molecule has 86 valence electrons. The molecule has 1 heterocycles. The maximum atomic E-state index is 10.8. The molecule has 1 aromatic carbocycles. The lowest BCUT2D eigenvalue weighted by Crippen LogP contribution is -2.13. The van der Waals surface area contributed by atoms with Crippen molar-refractivity contribution < 1.29 is 0 Å². The molecule has 0 fully saturated rings. The fourth-order valence-electron chi connectivity index (χ4n) is 1.29. The van der Waals surface area contributed by atoms with E-state index in [0.29, 0.717) is 5.82 Å². The van der Waals surface area contributed by atoms with Gasteiger partial charge in [-0.2, -0.15) is 15.2 Å². The van der Waals surface area contributed by atoms with Gasteiger partial charge in [0, 0.05) is 0 Å². The molecular formula is C11H11N5O. The maximum Gasteiger partial charge on any atom is 0.363 e. The Morgan fingerprint density at radius 3 is 3.12 bits per heavy atom. The Balaban J connectivity index is 2.05. The van der Waals surface area contributed by atoms with Gasteiger partial charge in [-0.05, 0) is 12.5 Å².